The predicted octanol–water partition coefficient (Wildman–Crippen LogP) is 7.04. The van der Waals surface area contributed by atoms with Crippen LogP contribution in [0.2, 0.25) is 0 Å². The molecule has 0 spiro atoms. The fraction of sp³-hybridized carbons (Fsp3) is 0.276. The SMILES string of the molecule is CC(C)c1ccc2c(c1)c(S(=O)(=O)c1ccccc1)c(CC(C)(C)C(=O)O)n2C(Cl)c1ccccc1. The second-order valence-electron chi connectivity index (χ2n) is 10.0. The molecular formula is C29H30ClNO4S. The number of halogens is 1. The fourth-order valence-electron chi connectivity index (χ4n) is 4.41. The van der Waals surface area contributed by atoms with Crippen LogP contribution in [0, 0.1) is 5.41 Å². The molecule has 1 atom stereocenters. The first-order valence-electron chi connectivity index (χ1n) is 11.8. The highest BCUT2D eigenvalue weighted by atomic mass is 35.5. The van der Waals surface area contributed by atoms with Crippen molar-refractivity contribution in [2.24, 2.45) is 5.41 Å². The van der Waals surface area contributed by atoms with Crippen LogP contribution in [-0.2, 0) is 21.1 Å². The van der Waals surface area contributed by atoms with Gasteiger partial charge in [-0.05, 0) is 55.2 Å². The monoisotopic (exact) mass is 523 g/mol. The molecule has 5 nitrogen and oxygen atoms in total. The Morgan fingerprint density at radius 3 is 2.08 bits per heavy atom. The van der Waals surface area contributed by atoms with Crippen molar-refractivity contribution in [2.45, 2.75) is 55.3 Å². The van der Waals surface area contributed by atoms with Gasteiger partial charge < -0.3 is 9.67 Å². The average molecular weight is 524 g/mol. The minimum absolute atomic E-state index is 0.0223. The van der Waals surface area contributed by atoms with Gasteiger partial charge in [-0.1, -0.05) is 80.0 Å². The number of alkyl halides is 1. The number of benzene rings is 3. The van der Waals surface area contributed by atoms with Crippen LogP contribution in [0.4, 0.5) is 0 Å². The van der Waals surface area contributed by atoms with Crippen LogP contribution < -0.4 is 0 Å². The van der Waals surface area contributed by atoms with Crippen LogP contribution in [0.1, 0.15) is 55.9 Å². The summed E-state index contributed by atoms with van der Waals surface area (Å²) in [6, 6.07) is 23.4. The predicted molar refractivity (Wildman–Crippen MR) is 143 cm³/mol. The first-order valence-corrected chi connectivity index (χ1v) is 13.8. The van der Waals surface area contributed by atoms with E-state index in [0.717, 1.165) is 11.1 Å². The summed E-state index contributed by atoms with van der Waals surface area (Å²) in [4.78, 5) is 12.4. The van der Waals surface area contributed by atoms with Crippen LogP contribution in [0.5, 0.6) is 0 Å². The van der Waals surface area contributed by atoms with Crippen LogP contribution in [0.25, 0.3) is 10.9 Å². The van der Waals surface area contributed by atoms with Crippen molar-refractivity contribution >= 4 is 38.3 Å². The highest BCUT2D eigenvalue weighted by Gasteiger charge is 2.37. The minimum Gasteiger partial charge on any atom is -0.481 e. The van der Waals surface area contributed by atoms with Gasteiger partial charge >= 0.3 is 5.97 Å². The van der Waals surface area contributed by atoms with Gasteiger partial charge in [0.15, 0.2) is 0 Å². The van der Waals surface area contributed by atoms with Crippen molar-refractivity contribution in [2.75, 3.05) is 0 Å². The Balaban J connectivity index is 2.15. The van der Waals surface area contributed by atoms with E-state index < -0.39 is 26.7 Å². The zero-order valence-electron chi connectivity index (χ0n) is 20.8. The molecule has 0 bridgehead atoms. The molecule has 1 unspecified atom stereocenters. The molecule has 0 aliphatic carbocycles. The van der Waals surface area contributed by atoms with Crippen molar-refractivity contribution in [1.29, 1.82) is 0 Å². The van der Waals surface area contributed by atoms with E-state index >= 15 is 0 Å². The highest BCUT2D eigenvalue weighted by molar-refractivity contribution is 7.91. The standard InChI is InChI=1S/C29H30ClNO4S/c1-19(2)21-15-16-24-23(17-21)26(36(34,35)22-13-9-6-10-14-22)25(18-29(3,4)28(32)33)31(24)27(30)20-11-7-5-8-12-20/h5-17,19,27H,18H2,1-4H3,(H,32,33). The summed E-state index contributed by atoms with van der Waals surface area (Å²) in [6.07, 6.45) is -0.0223. The van der Waals surface area contributed by atoms with E-state index in [1.807, 2.05) is 62.4 Å². The Hall–Kier alpha value is -3.09. The lowest BCUT2D eigenvalue weighted by molar-refractivity contribution is -0.146. The van der Waals surface area contributed by atoms with E-state index in [1.165, 1.54) is 0 Å². The Morgan fingerprint density at radius 2 is 1.53 bits per heavy atom. The van der Waals surface area contributed by atoms with E-state index in [1.54, 1.807) is 48.7 Å². The number of fused-ring (bicyclic) bond motifs is 1. The number of nitrogens with zero attached hydrogens (tertiary/aromatic N) is 1. The molecular weight excluding hydrogens is 494 g/mol. The number of aromatic nitrogens is 1. The number of rotatable bonds is 8. The van der Waals surface area contributed by atoms with Crippen molar-refractivity contribution < 1.29 is 18.3 Å². The molecule has 4 rings (SSSR count). The third kappa shape index (κ3) is 4.67. The van der Waals surface area contributed by atoms with Crippen molar-refractivity contribution in [3.05, 3.63) is 95.7 Å². The molecule has 0 saturated carbocycles. The summed E-state index contributed by atoms with van der Waals surface area (Å²) in [5.74, 6) is -0.846. The van der Waals surface area contributed by atoms with Gasteiger partial charge in [-0.3, -0.25) is 4.79 Å². The third-order valence-corrected chi connectivity index (χ3v) is 8.89. The Labute approximate surface area is 217 Å². The molecule has 1 heterocycles. The topological polar surface area (TPSA) is 76.4 Å². The second kappa shape index (κ2) is 9.75. The lowest BCUT2D eigenvalue weighted by atomic mass is 9.88. The molecule has 1 aromatic heterocycles. The molecule has 36 heavy (non-hydrogen) atoms. The van der Waals surface area contributed by atoms with Gasteiger partial charge in [-0.2, -0.15) is 0 Å². The number of hydrogen-bond acceptors (Lipinski definition) is 3. The summed E-state index contributed by atoms with van der Waals surface area (Å²) in [7, 11) is -4.00. The molecule has 0 radical (unpaired) electrons. The Morgan fingerprint density at radius 1 is 0.944 bits per heavy atom. The minimum atomic E-state index is -4.00. The third-order valence-electron chi connectivity index (χ3n) is 6.56. The van der Waals surface area contributed by atoms with E-state index in [9.17, 15) is 18.3 Å². The lowest BCUT2D eigenvalue weighted by Gasteiger charge is -2.24. The summed E-state index contributed by atoms with van der Waals surface area (Å²) in [5, 5.41) is 10.5. The number of carboxylic acids is 1. The van der Waals surface area contributed by atoms with E-state index in [4.69, 9.17) is 11.6 Å². The highest BCUT2D eigenvalue weighted by Crippen LogP contribution is 2.42. The quantitative estimate of drug-likeness (QED) is 0.251. The molecule has 7 heteroatoms. The second-order valence-corrected chi connectivity index (χ2v) is 12.3. The van der Waals surface area contributed by atoms with Gasteiger partial charge in [0.1, 0.15) is 10.4 Å². The molecule has 0 amide bonds. The number of sulfone groups is 1. The fourth-order valence-corrected chi connectivity index (χ4v) is 6.47. The lowest BCUT2D eigenvalue weighted by Crippen LogP contribution is -2.28. The molecule has 4 aromatic rings. The summed E-state index contributed by atoms with van der Waals surface area (Å²) >= 11 is 7.06. The normalized spacial score (nSPS) is 13.3. The largest absolute Gasteiger partial charge is 0.481 e. The number of carbonyl (C=O) groups is 1. The summed E-state index contributed by atoms with van der Waals surface area (Å²) in [5.41, 5.74) is 0.820. The molecule has 0 aliphatic rings. The van der Waals surface area contributed by atoms with Gasteiger partial charge in [0, 0.05) is 17.5 Å². The van der Waals surface area contributed by atoms with Gasteiger partial charge in [0.05, 0.1) is 15.8 Å². The van der Waals surface area contributed by atoms with Crippen molar-refractivity contribution in [3.8, 4) is 0 Å². The van der Waals surface area contributed by atoms with Gasteiger partial charge in [-0.25, -0.2) is 8.42 Å². The molecule has 188 valence electrons. The molecule has 0 aliphatic heterocycles. The van der Waals surface area contributed by atoms with Crippen LogP contribution in [0.15, 0.2) is 88.7 Å². The number of hydrogen-bond donors (Lipinski definition) is 1. The van der Waals surface area contributed by atoms with Crippen LogP contribution in [-0.4, -0.2) is 24.1 Å². The molecule has 1 N–H and O–H groups in total. The summed E-state index contributed by atoms with van der Waals surface area (Å²) < 4.78 is 30.1. The maximum atomic E-state index is 14.2. The van der Waals surface area contributed by atoms with E-state index in [-0.39, 0.29) is 22.1 Å². The maximum Gasteiger partial charge on any atom is 0.309 e. The first-order chi connectivity index (χ1) is 16.9. The van der Waals surface area contributed by atoms with Gasteiger partial charge in [0.25, 0.3) is 0 Å². The van der Waals surface area contributed by atoms with Crippen LogP contribution in [0.3, 0.4) is 0 Å². The zero-order chi connectivity index (χ0) is 26.3. The summed E-state index contributed by atoms with van der Waals surface area (Å²) in [6.45, 7) is 7.29. The van der Waals surface area contributed by atoms with E-state index in [2.05, 4.69) is 0 Å². The van der Waals surface area contributed by atoms with Crippen molar-refractivity contribution in [1.82, 2.24) is 4.57 Å². The Bertz CT molecular complexity index is 1510. The smallest absolute Gasteiger partial charge is 0.309 e. The zero-order valence-corrected chi connectivity index (χ0v) is 22.3. The molecule has 3 aromatic carbocycles. The molecule has 0 saturated heterocycles. The number of carboxylic acid groups (broad SMARTS) is 1. The first kappa shape index (κ1) is 26.0. The maximum absolute atomic E-state index is 14.2. The number of aliphatic carboxylic acids is 1. The van der Waals surface area contributed by atoms with Crippen molar-refractivity contribution in [3.63, 3.8) is 0 Å². The average Bonchev–Trinajstić information content (AvgIpc) is 3.17. The molecule has 0 fully saturated rings. The van der Waals surface area contributed by atoms with Gasteiger partial charge in [0.2, 0.25) is 9.84 Å². The van der Waals surface area contributed by atoms with Gasteiger partial charge in [-0.15, -0.1) is 0 Å². The Kier molecular flexibility index (Phi) is 7.04. The van der Waals surface area contributed by atoms with Crippen LogP contribution >= 0.6 is 11.6 Å². The van der Waals surface area contributed by atoms with E-state index in [0.29, 0.717) is 16.6 Å².